The molecule has 0 radical (unpaired) electrons. The number of hydrogen-bond donors (Lipinski definition) is 3. The first kappa shape index (κ1) is 16.4. The highest BCUT2D eigenvalue weighted by Gasteiger charge is 2.29. The van der Waals surface area contributed by atoms with Crippen molar-refractivity contribution in [3.63, 3.8) is 0 Å². The van der Waals surface area contributed by atoms with Gasteiger partial charge in [0.1, 0.15) is 0 Å². The van der Waals surface area contributed by atoms with Crippen LogP contribution in [0.4, 0.5) is 10.5 Å². The lowest BCUT2D eigenvalue weighted by molar-refractivity contribution is -0.131. The molecule has 0 unspecified atom stereocenters. The average Bonchev–Trinajstić information content (AvgIpc) is 3.13. The molecule has 0 saturated heterocycles. The fourth-order valence-electron chi connectivity index (χ4n) is 2.22. The van der Waals surface area contributed by atoms with Crippen LogP contribution in [0, 0.1) is 6.92 Å². The highest BCUT2D eigenvalue weighted by molar-refractivity contribution is 6.04. The zero-order valence-electron chi connectivity index (χ0n) is 13.5. The standard InChI is InChI=1S/C17H17N5O3/c1-11-4-6-13(7-5-11)19-17(24)21-20-16(23)15-9-14(22-25-15)12-3-2-8-18-10-12/h2-8,10,15H,9H2,1H3,(H,20,23)(H2,19,21,24)/t15-/m0/s1. The van der Waals surface area contributed by atoms with Crippen LogP contribution < -0.4 is 16.2 Å². The molecule has 0 aliphatic carbocycles. The second kappa shape index (κ2) is 7.43. The summed E-state index contributed by atoms with van der Waals surface area (Å²) in [7, 11) is 0. The molecule has 0 fully saturated rings. The van der Waals surface area contributed by atoms with Gasteiger partial charge in [-0.15, -0.1) is 0 Å². The fraction of sp³-hybridized carbons (Fsp3) is 0.176. The summed E-state index contributed by atoms with van der Waals surface area (Å²) in [5, 5.41) is 6.51. The van der Waals surface area contributed by atoms with Gasteiger partial charge in [-0.05, 0) is 31.2 Å². The van der Waals surface area contributed by atoms with Crippen LogP contribution in [0.2, 0.25) is 0 Å². The van der Waals surface area contributed by atoms with Gasteiger partial charge in [0.05, 0.1) is 5.71 Å². The van der Waals surface area contributed by atoms with Crippen molar-refractivity contribution in [3.05, 3.63) is 59.9 Å². The maximum Gasteiger partial charge on any atom is 0.337 e. The van der Waals surface area contributed by atoms with E-state index in [1.165, 1.54) is 0 Å². The van der Waals surface area contributed by atoms with Crippen molar-refractivity contribution in [2.75, 3.05) is 5.32 Å². The van der Waals surface area contributed by atoms with Crippen LogP contribution in [0.5, 0.6) is 0 Å². The quantitative estimate of drug-likeness (QED) is 0.741. The van der Waals surface area contributed by atoms with Crippen LogP contribution in [0.3, 0.4) is 0 Å². The molecule has 8 heteroatoms. The molecular weight excluding hydrogens is 322 g/mol. The Kier molecular flexibility index (Phi) is 4.89. The Labute approximate surface area is 144 Å². The molecule has 128 valence electrons. The van der Waals surface area contributed by atoms with Gasteiger partial charge in [0, 0.05) is 30.1 Å². The van der Waals surface area contributed by atoms with Crippen molar-refractivity contribution < 1.29 is 14.4 Å². The van der Waals surface area contributed by atoms with E-state index in [9.17, 15) is 9.59 Å². The maximum atomic E-state index is 12.1. The van der Waals surface area contributed by atoms with Crippen molar-refractivity contribution in [2.24, 2.45) is 5.16 Å². The fourth-order valence-corrected chi connectivity index (χ4v) is 2.22. The van der Waals surface area contributed by atoms with Gasteiger partial charge >= 0.3 is 6.03 Å². The number of benzene rings is 1. The Morgan fingerprint density at radius 1 is 1.16 bits per heavy atom. The van der Waals surface area contributed by atoms with Gasteiger partial charge in [-0.3, -0.25) is 15.2 Å². The number of hydrogen-bond acceptors (Lipinski definition) is 5. The van der Waals surface area contributed by atoms with Gasteiger partial charge in [0.25, 0.3) is 5.91 Å². The van der Waals surface area contributed by atoms with Crippen molar-refractivity contribution in [3.8, 4) is 0 Å². The Bertz CT molecular complexity index is 790. The average molecular weight is 339 g/mol. The predicted molar refractivity (Wildman–Crippen MR) is 91.7 cm³/mol. The first-order valence-electron chi connectivity index (χ1n) is 7.68. The van der Waals surface area contributed by atoms with Crippen LogP contribution in [-0.4, -0.2) is 28.7 Å². The summed E-state index contributed by atoms with van der Waals surface area (Å²) in [5.74, 6) is -0.485. The molecule has 2 heterocycles. The van der Waals surface area contributed by atoms with E-state index in [-0.39, 0.29) is 0 Å². The summed E-state index contributed by atoms with van der Waals surface area (Å²) in [6, 6.07) is 10.3. The van der Waals surface area contributed by atoms with Crippen LogP contribution in [0.15, 0.2) is 53.9 Å². The van der Waals surface area contributed by atoms with E-state index in [2.05, 4.69) is 26.3 Å². The zero-order valence-corrected chi connectivity index (χ0v) is 13.5. The SMILES string of the molecule is Cc1ccc(NC(=O)NNC(=O)[C@@H]2CC(c3cccnc3)=NO2)cc1. The molecular formula is C17H17N5O3. The predicted octanol–water partition coefficient (Wildman–Crippen LogP) is 1.74. The topological polar surface area (TPSA) is 105 Å². The van der Waals surface area contributed by atoms with Crippen molar-refractivity contribution in [1.82, 2.24) is 15.8 Å². The van der Waals surface area contributed by atoms with Gasteiger partial charge < -0.3 is 10.2 Å². The number of hydrazine groups is 1. The third-order valence-electron chi connectivity index (χ3n) is 3.56. The van der Waals surface area contributed by atoms with Gasteiger partial charge in [-0.25, -0.2) is 10.2 Å². The Hall–Kier alpha value is -3.42. The Morgan fingerprint density at radius 3 is 2.68 bits per heavy atom. The van der Waals surface area contributed by atoms with Crippen LogP contribution in [-0.2, 0) is 9.63 Å². The highest BCUT2D eigenvalue weighted by Crippen LogP contribution is 2.15. The number of aryl methyl sites for hydroxylation is 1. The summed E-state index contributed by atoms with van der Waals surface area (Å²) in [4.78, 5) is 33.0. The largest absolute Gasteiger partial charge is 0.382 e. The van der Waals surface area contributed by atoms with Crippen molar-refractivity contribution in [1.29, 1.82) is 0 Å². The summed E-state index contributed by atoms with van der Waals surface area (Å²) < 4.78 is 0. The normalized spacial score (nSPS) is 15.7. The van der Waals surface area contributed by atoms with E-state index in [1.54, 1.807) is 30.6 Å². The first-order chi connectivity index (χ1) is 12.1. The lowest BCUT2D eigenvalue weighted by atomic mass is 10.1. The molecule has 3 amide bonds. The minimum Gasteiger partial charge on any atom is -0.382 e. The molecule has 1 aromatic carbocycles. The van der Waals surface area contributed by atoms with Crippen LogP contribution in [0.1, 0.15) is 17.5 Å². The number of carbonyl (C=O) groups excluding carboxylic acids is 2. The third kappa shape index (κ3) is 4.31. The van der Waals surface area contributed by atoms with E-state index in [1.807, 2.05) is 25.1 Å². The molecule has 1 aromatic heterocycles. The summed E-state index contributed by atoms with van der Waals surface area (Å²) >= 11 is 0. The number of amides is 3. The smallest absolute Gasteiger partial charge is 0.337 e. The number of nitrogens with one attached hydrogen (secondary N) is 3. The highest BCUT2D eigenvalue weighted by atomic mass is 16.6. The minimum atomic E-state index is -0.796. The van der Waals surface area contributed by atoms with Gasteiger partial charge in [0.15, 0.2) is 0 Å². The molecule has 25 heavy (non-hydrogen) atoms. The van der Waals surface area contributed by atoms with Crippen LogP contribution in [0.25, 0.3) is 0 Å². The molecule has 8 nitrogen and oxygen atoms in total. The number of pyridine rings is 1. The van der Waals surface area contributed by atoms with E-state index in [0.29, 0.717) is 17.8 Å². The molecule has 1 aliphatic heterocycles. The summed E-state index contributed by atoms with van der Waals surface area (Å²) in [6.07, 6.45) is 2.81. The maximum absolute atomic E-state index is 12.1. The first-order valence-corrected chi connectivity index (χ1v) is 7.68. The van der Waals surface area contributed by atoms with Crippen molar-refractivity contribution in [2.45, 2.75) is 19.4 Å². The van der Waals surface area contributed by atoms with E-state index in [0.717, 1.165) is 11.1 Å². The minimum absolute atomic E-state index is 0.304. The lowest BCUT2D eigenvalue weighted by Crippen LogP contribution is -2.48. The third-order valence-corrected chi connectivity index (χ3v) is 3.56. The molecule has 3 N–H and O–H groups in total. The monoisotopic (exact) mass is 339 g/mol. The van der Waals surface area contributed by atoms with E-state index >= 15 is 0 Å². The number of anilines is 1. The van der Waals surface area contributed by atoms with Gasteiger partial charge in [-0.1, -0.05) is 22.9 Å². The van der Waals surface area contributed by atoms with Crippen LogP contribution >= 0.6 is 0 Å². The van der Waals surface area contributed by atoms with Gasteiger partial charge in [-0.2, -0.15) is 0 Å². The number of nitrogens with zero attached hydrogens (tertiary/aromatic N) is 2. The Morgan fingerprint density at radius 2 is 1.96 bits per heavy atom. The van der Waals surface area contributed by atoms with E-state index < -0.39 is 18.0 Å². The number of urea groups is 1. The van der Waals surface area contributed by atoms with E-state index in [4.69, 9.17) is 4.84 Å². The molecule has 3 rings (SSSR count). The molecule has 0 spiro atoms. The molecule has 2 aromatic rings. The second-order valence-corrected chi connectivity index (χ2v) is 5.51. The Balaban J connectivity index is 1.45. The van der Waals surface area contributed by atoms with Crippen molar-refractivity contribution >= 4 is 23.3 Å². The molecule has 0 saturated carbocycles. The molecule has 0 bridgehead atoms. The van der Waals surface area contributed by atoms with Gasteiger partial charge in [0.2, 0.25) is 6.10 Å². The number of rotatable bonds is 3. The number of aromatic nitrogens is 1. The molecule has 1 atom stereocenters. The molecule has 1 aliphatic rings. The summed E-state index contributed by atoms with van der Waals surface area (Å²) in [5.41, 5.74) is 7.74. The number of carbonyl (C=O) groups is 2. The number of oxime groups is 1. The second-order valence-electron chi connectivity index (χ2n) is 5.51. The summed E-state index contributed by atoms with van der Waals surface area (Å²) in [6.45, 7) is 1.95. The zero-order chi connectivity index (χ0) is 17.6. The lowest BCUT2D eigenvalue weighted by Gasteiger charge is -2.11.